The lowest BCUT2D eigenvalue weighted by Crippen LogP contribution is -2.38. The fourth-order valence-corrected chi connectivity index (χ4v) is 5.33. The largest absolute Gasteiger partial charge is 0.477 e. The lowest BCUT2D eigenvalue weighted by Gasteiger charge is -2.37. The van der Waals surface area contributed by atoms with Crippen LogP contribution in [0.5, 0.6) is 0 Å². The van der Waals surface area contributed by atoms with Crippen LogP contribution in [0.3, 0.4) is 0 Å². The number of pyridine rings is 1. The summed E-state index contributed by atoms with van der Waals surface area (Å²) in [7, 11) is 0. The Balaban J connectivity index is 1.77. The van der Waals surface area contributed by atoms with Crippen LogP contribution in [0.25, 0.3) is 22.3 Å². The highest BCUT2D eigenvalue weighted by Gasteiger charge is 2.41. The number of benzene rings is 4. The Labute approximate surface area is 232 Å². The molecule has 0 aliphatic carbocycles. The highest BCUT2D eigenvalue weighted by Crippen LogP contribution is 2.43. The van der Waals surface area contributed by atoms with Crippen molar-refractivity contribution in [2.75, 3.05) is 6.61 Å². The van der Waals surface area contributed by atoms with E-state index in [-0.39, 0.29) is 11.7 Å². The maximum absolute atomic E-state index is 14.5. The van der Waals surface area contributed by atoms with Gasteiger partial charge >= 0.3 is 0 Å². The molecule has 0 saturated heterocycles. The van der Waals surface area contributed by atoms with Crippen molar-refractivity contribution in [1.82, 2.24) is 14.8 Å². The molecule has 5 nitrogen and oxygen atoms in total. The lowest BCUT2D eigenvalue weighted by atomic mass is 9.77. The summed E-state index contributed by atoms with van der Waals surface area (Å²) in [5, 5.41) is 13.6. The van der Waals surface area contributed by atoms with E-state index in [0.29, 0.717) is 29.1 Å². The maximum atomic E-state index is 14.5. The second-order valence-corrected chi connectivity index (χ2v) is 9.41. The molecule has 2 aromatic heterocycles. The second-order valence-electron chi connectivity index (χ2n) is 9.41. The molecule has 196 valence electrons. The van der Waals surface area contributed by atoms with E-state index < -0.39 is 5.54 Å². The Kier molecular flexibility index (Phi) is 6.66. The average molecular weight is 527 g/mol. The third-order valence-corrected chi connectivity index (χ3v) is 7.04. The fraction of sp³-hybridized carbons (Fsp3) is 0.0882. The number of ether oxygens (including phenoxy) is 1. The molecule has 0 bridgehead atoms. The zero-order valence-electron chi connectivity index (χ0n) is 22.0. The third kappa shape index (κ3) is 4.24. The van der Waals surface area contributed by atoms with Crippen molar-refractivity contribution in [2.24, 2.45) is 0 Å². The summed E-state index contributed by atoms with van der Waals surface area (Å²) in [5.74, 6) is -0.387. The molecule has 0 aliphatic heterocycles. The molecule has 1 N–H and O–H groups in total. The molecule has 0 saturated carbocycles. The standard InChI is InChI=1S/C34H27FN4O/c1-2-40-33(36)29-21-22-30-32(37-29)31(24-13-12-20-28(35)23-24)38-39(30)34(25-14-6-3-7-15-25,26-16-8-4-9-17-26)27-18-10-5-11-19-27/h3-23,36H,2H2,1H3. The fourth-order valence-electron chi connectivity index (χ4n) is 5.33. The number of hydrogen-bond acceptors (Lipinski definition) is 4. The van der Waals surface area contributed by atoms with Crippen molar-refractivity contribution in [1.29, 1.82) is 5.41 Å². The zero-order valence-corrected chi connectivity index (χ0v) is 22.0. The van der Waals surface area contributed by atoms with Crippen LogP contribution < -0.4 is 0 Å². The number of rotatable bonds is 7. The van der Waals surface area contributed by atoms with Gasteiger partial charge in [-0.1, -0.05) is 103 Å². The Morgan fingerprint density at radius 3 is 1.88 bits per heavy atom. The van der Waals surface area contributed by atoms with Gasteiger partial charge in [0.2, 0.25) is 5.90 Å². The Bertz CT molecular complexity index is 1690. The normalized spacial score (nSPS) is 11.4. The van der Waals surface area contributed by atoms with E-state index in [1.807, 2.05) is 78.3 Å². The molecule has 0 unspecified atom stereocenters. The summed E-state index contributed by atoms with van der Waals surface area (Å²) in [4.78, 5) is 4.86. The highest BCUT2D eigenvalue weighted by molar-refractivity contribution is 5.96. The van der Waals surface area contributed by atoms with Gasteiger partial charge in [-0.3, -0.25) is 5.41 Å². The summed E-state index contributed by atoms with van der Waals surface area (Å²) in [6.07, 6.45) is 0. The van der Waals surface area contributed by atoms with Crippen LogP contribution in [0.2, 0.25) is 0 Å². The molecule has 0 aliphatic rings. The SMILES string of the molecule is CCOC(=N)c1ccc2c(n1)c(-c1cccc(F)c1)nn2C(c1ccccc1)(c1ccccc1)c1ccccc1. The van der Waals surface area contributed by atoms with Crippen molar-refractivity contribution in [2.45, 2.75) is 12.5 Å². The molecule has 40 heavy (non-hydrogen) atoms. The van der Waals surface area contributed by atoms with Gasteiger partial charge in [-0.05, 0) is 47.9 Å². The zero-order chi connectivity index (χ0) is 27.5. The molecular formula is C34H27FN4O. The molecule has 6 heteroatoms. The second kappa shape index (κ2) is 10.6. The molecule has 0 fully saturated rings. The summed E-state index contributed by atoms with van der Waals surface area (Å²) in [6, 6.07) is 40.8. The first kappa shape index (κ1) is 25.2. The molecule has 6 rings (SSSR count). The van der Waals surface area contributed by atoms with Crippen molar-refractivity contribution >= 4 is 16.9 Å². The van der Waals surface area contributed by atoms with Gasteiger partial charge in [0.1, 0.15) is 28.3 Å². The van der Waals surface area contributed by atoms with E-state index in [1.165, 1.54) is 12.1 Å². The Morgan fingerprint density at radius 1 is 0.775 bits per heavy atom. The molecule has 0 atom stereocenters. The van der Waals surface area contributed by atoms with Gasteiger partial charge in [0.25, 0.3) is 0 Å². The first-order valence-electron chi connectivity index (χ1n) is 13.2. The minimum Gasteiger partial charge on any atom is -0.477 e. The minimum atomic E-state index is -0.885. The van der Waals surface area contributed by atoms with Gasteiger partial charge in [0, 0.05) is 5.56 Å². The van der Waals surface area contributed by atoms with Crippen LogP contribution in [0.1, 0.15) is 29.3 Å². The highest BCUT2D eigenvalue weighted by atomic mass is 19.1. The quantitative estimate of drug-likeness (QED) is 0.134. The van der Waals surface area contributed by atoms with E-state index in [1.54, 1.807) is 12.1 Å². The monoisotopic (exact) mass is 526 g/mol. The van der Waals surface area contributed by atoms with E-state index in [0.717, 1.165) is 22.2 Å². The van der Waals surface area contributed by atoms with Crippen LogP contribution in [-0.4, -0.2) is 27.3 Å². The Morgan fingerprint density at radius 2 is 1.35 bits per heavy atom. The summed E-state index contributed by atoms with van der Waals surface area (Å²) in [6.45, 7) is 2.19. The molecule has 0 amide bonds. The topological polar surface area (TPSA) is 63.8 Å². The predicted octanol–water partition coefficient (Wildman–Crippen LogP) is 7.44. The van der Waals surface area contributed by atoms with E-state index >= 15 is 0 Å². The number of nitrogens with zero attached hydrogens (tertiary/aromatic N) is 3. The summed E-state index contributed by atoms with van der Waals surface area (Å²) in [5.41, 5.74) is 4.94. The first-order valence-corrected chi connectivity index (χ1v) is 13.2. The summed E-state index contributed by atoms with van der Waals surface area (Å²) < 4.78 is 21.9. The van der Waals surface area contributed by atoms with Crippen LogP contribution in [0.4, 0.5) is 4.39 Å². The van der Waals surface area contributed by atoms with Gasteiger partial charge in [-0.2, -0.15) is 5.10 Å². The van der Waals surface area contributed by atoms with Crippen LogP contribution >= 0.6 is 0 Å². The van der Waals surface area contributed by atoms with E-state index in [2.05, 4.69) is 36.4 Å². The van der Waals surface area contributed by atoms with Crippen LogP contribution in [-0.2, 0) is 10.3 Å². The van der Waals surface area contributed by atoms with Gasteiger partial charge in [-0.25, -0.2) is 14.1 Å². The number of nitrogens with one attached hydrogen (secondary N) is 1. The first-order chi connectivity index (χ1) is 19.6. The predicted molar refractivity (Wildman–Crippen MR) is 156 cm³/mol. The van der Waals surface area contributed by atoms with Crippen LogP contribution in [0, 0.1) is 11.2 Å². The number of aromatic nitrogens is 3. The van der Waals surface area contributed by atoms with Crippen molar-refractivity contribution < 1.29 is 9.13 Å². The molecule has 0 radical (unpaired) electrons. The van der Waals surface area contributed by atoms with Crippen molar-refractivity contribution in [3.05, 3.63) is 156 Å². The lowest BCUT2D eigenvalue weighted by molar-refractivity contribution is 0.324. The average Bonchev–Trinajstić information content (AvgIpc) is 3.39. The number of halogens is 1. The number of fused-ring (bicyclic) bond motifs is 1. The molecule has 2 heterocycles. The van der Waals surface area contributed by atoms with Gasteiger partial charge < -0.3 is 4.74 Å². The maximum Gasteiger partial charge on any atom is 0.232 e. The molecule has 0 spiro atoms. The van der Waals surface area contributed by atoms with E-state index in [9.17, 15) is 4.39 Å². The van der Waals surface area contributed by atoms with Crippen molar-refractivity contribution in [3.8, 4) is 11.3 Å². The van der Waals surface area contributed by atoms with Crippen LogP contribution in [0.15, 0.2) is 127 Å². The summed E-state index contributed by atoms with van der Waals surface area (Å²) >= 11 is 0. The Hall–Kier alpha value is -5.10. The van der Waals surface area contributed by atoms with Gasteiger partial charge in [-0.15, -0.1) is 0 Å². The third-order valence-electron chi connectivity index (χ3n) is 7.04. The van der Waals surface area contributed by atoms with Crippen molar-refractivity contribution in [3.63, 3.8) is 0 Å². The smallest absolute Gasteiger partial charge is 0.232 e. The van der Waals surface area contributed by atoms with Gasteiger partial charge in [0.15, 0.2) is 0 Å². The molecule has 6 aromatic rings. The van der Waals surface area contributed by atoms with E-state index in [4.69, 9.17) is 20.2 Å². The molecular weight excluding hydrogens is 499 g/mol. The number of hydrogen-bond donors (Lipinski definition) is 1. The van der Waals surface area contributed by atoms with Gasteiger partial charge in [0.05, 0.1) is 12.1 Å². The minimum absolute atomic E-state index is 0.0252. The molecule has 4 aromatic carbocycles.